The first kappa shape index (κ1) is 14.3. The van der Waals surface area contributed by atoms with Gasteiger partial charge in [0.25, 0.3) is 0 Å². The molecule has 0 spiro atoms. The lowest BCUT2D eigenvalue weighted by molar-refractivity contribution is 0.295. The van der Waals surface area contributed by atoms with Gasteiger partial charge in [0, 0.05) is 11.6 Å². The van der Waals surface area contributed by atoms with Gasteiger partial charge in [-0.25, -0.2) is 4.39 Å². The van der Waals surface area contributed by atoms with Crippen molar-refractivity contribution in [2.24, 2.45) is 5.73 Å². The van der Waals surface area contributed by atoms with Crippen LogP contribution in [-0.4, -0.2) is 7.11 Å². The van der Waals surface area contributed by atoms with E-state index in [1.807, 2.05) is 31.2 Å². The Morgan fingerprint density at radius 3 is 2.45 bits per heavy atom. The van der Waals surface area contributed by atoms with Gasteiger partial charge < -0.3 is 15.2 Å². The second-order valence-corrected chi connectivity index (χ2v) is 4.58. The average Bonchev–Trinajstić information content (AvgIpc) is 2.46. The van der Waals surface area contributed by atoms with Crippen LogP contribution in [0.25, 0.3) is 0 Å². The fourth-order valence-electron chi connectivity index (χ4n) is 1.85. The molecule has 4 heteroatoms. The molecule has 0 saturated heterocycles. The SMILES string of the molecule is COc1cccc(COc2ccc([C@H](C)N)cc2)c1F. The molecular formula is C16H18FNO2. The molecule has 0 aliphatic heterocycles. The van der Waals surface area contributed by atoms with Crippen molar-refractivity contribution in [3.63, 3.8) is 0 Å². The molecule has 106 valence electrons. The lowest BCUT2D eigenvalue weighted by Gasteiger charge is -2.10. The highest BCUT2D eigenvalue weighted by atomic mass is 19.1. The van der Waals surface area contributed by atoms with Crippen molar-refractivity contribution in [2.75, 3.05) is 7.11 Å². The molecule has 2 aromatic rings. The van der Waals surface area contributed by atoms with E-state index in [9.17, 15) is 4.39 Å². The van der Waals surface area contributed by atoms with Gasteiger partial charge in [-0.3, -0.25) is 0 Å². The number of benzene rings is 2. The second kappa shape index (κ2) is 6.39. The van der Waals surface area contributed by atoms with E-state index in [0.717, 1.165) is 5.56 Å². The average molecular weight is 275 g/mol. The minimum Gasteiger partial charge on any atom is -0.494 e. The van der Waals surface area contributed by atoms with E-state index in [0.29, 0.717) is 11.3 Å². The summed E-state index contributed by atoms with van der Waals surface area (Å²) in [5, 5.41) is 0. The first-order chi connectivity index (χ1) is 9.61. The summed E-state index contributed by atoms with van der Waals surface area (Å²) < 4.78 is 24.4. The van der Waals surface area contributed by atoms with Crippen molar-refractivity contribution in [2.45, 2.75) is 19.6 Å². The van der Waals surface area contributed by atoms with Crippen molar-refractivity contribution in [1.29, 1.82) is 0 Å². The molecule has 2 rings (SSSR count). The zero-order valence-corrected chi connectivity index (χ0v) is 11.6. The van der Waals surface area contributed by atoms with Crippen molar-refractivity contribution in [3.8, 4) is 11.5 Å². The molecule has 2 N–H and O–H groups in total. The third kappa shape index (κ3) is 3.27. The third-order valence-corrected chi connectivity index (χ3v) is 3.06. The Balaban J connectivity index is 2.05. The van der Waals surface area contributed by atoms with Gasteiger partial charge in [-0.15, -0.1) is 0 Å². The summed E-state index contributed by atoms with van der Waals surface area (Å²) in [6.07, 6.45) is 0. The summed E-state index contributed by atoms with van der Waals surface area (Å²) in [6.45, 7) is 2.07. The van der Waals surface area contributed by atoms with Gasteiger partial charge in [0.1, 0.15) is 12.4 Å². The highest BCUT2D eigenvalue weighted by molar-refractivity contribution is 5.32. The Bertz CT molecular complexity index is 567. The van der Waals surface area contributed by atoms with E-state index in [4.69, 9.17) is 15.2 Å². The molecule has 3 nitrogen and oxygen atoms in total. The van der Waals surface area contributed by atoms with Crippen LogP contribution in [0.15, 0.2) is 42.5 Å². The smallest absolute Gasteiger partial charge is 0.171 e. The molecule has 0 saturated carbocycles. The summed E-state index contributed by atoms with van der Waals surface area (Å²) in [5.74, 6) is 0.511. The summed E-state index contributed by atoms with van der Waals surface area (Å²) in [5.41, 5.74) is 7.27. The minimum absolute atomic E-state index is 0.0140. The molecule has 0 aliphatic rings. The topological polar surface area (TPSA) is 44.5 Å². The van der Waals surface area contributed by atoms with Gasteiger partial charge in [0.05, 0.1) is 7.11 Å². The number of methoxy groups -OCH3 is 1. The van der Waals surface area contributed by atoms with Crippen LogP contribution in [0.4, 0.5) is 4.39 Å². The lowest BCUT2D eigenvalue weighted by Crippen LogP contribution is -2.04. The molecule has 1 atom stereocenters. The highest BCUT2D eigenvalue weighted by Gasteiger charge is 2.08. The molecule has 0 radical (unpaired) electrons. The molecule has 0 bridgehead atoms. The van der Waals surface area contributed by atoms with Crippen molar-refractivity contribution < 1.29 is 13.9 Å². The first-order valence-electron chi connectivity index (χ1n) is 6.41. The van der Waals surface area contributed by atoms with Gasteiger partial charge in [-0.1, -0.05) is 24.3 Å². The zero-order valence-electron chi connectivity index (χ0n) is 11.6. The quantitative estimate of drug-likeness (QED) is 0.909. The van der Waals surface area contributed by atoms with Gasteiger partial charge in [-0.2, -0.15) is 0 Å². The maximum atomic E-state index is 13.9. The minimum atomic E-state index is -0.387. The standard InChI is InChI=1S/C16H18FNO2/c1-11(18)12-6-8-14(9-7-12)20-10-13-4-3-5-15(19-2)16(13)17/h3-9,11H,10,18H2,1-2H3/t11-/m0/s1. The van der Waals surface area contributed by atoms with Crippen molar-refractivity contribution in [3.05, 3.63) is 59.4 Å². The summed E-state index contributed by atoms with van der Waals surface area (Å²) in [6, 6.07) is 12.4. The number of rotatable bonds is 5. The van der Waals surface area contributed by atoms with Crippen LogP contribution in [0, 0.1) is 5.82 Å². The second-order valence-electron chi connectivity index (χ2n) is 4.58. The number of nitrogens with two attached hydrogens (primary N) is 1. The van der Waals surface area contributed by atoms with E-state index >= 15 is 0 Å². The van der Waals surface area contributed by atoms with Crippen LogP contribution in [0.5, 0.6) is 11.5 Å². The largest absolute Gasteiger partial charge is 0.494 e. The Labute approximate surface area is 118 Å². The Morgan fingerprint density at radius 1 is 1.15 bits per heavy atom. The van der Waals surface area contributed by atoms with Gasteiger partial charge in [-0.05, 0) is 30.7 Å². The summed E-state index contributed by atoms with van der Waals surface area (Å²) in [4.78, 5) is 0. The maximum absolute atomic E-state index is 13.9. The zero-order chi connectivity index (χ0) is 14.5. The molecule has 0 unspecified atom stereocenters. The van der Waals surface area contributed by atoms with Crippen molar-refractivity contribution in [1.82, 2.24) is 0 Å². The van der Waals surface area contributed by atoms with E-state index in [1.54, 1.807) is 18.2 Å². The van der Waals surface area contributed by atoms with E-state index in [1.165, 1.54) is 7.11 Å². The monoisotopic (exact) mass is 275 g/mol. The molecule has 0 fully saturated rings. The normalized spacial score (nSPS) is 12.0. The number of hydrogen-bond acceptors (Lipinski definition) is 3. The van der Waals surface area contributed by atoms with Gasteiger partial charge in [0.2, 0.25) is 0 Å². The molecule has 20 heavy (non-hydrogen) atoms. The Kier molecular flexibility index (Phi) is 4.58. The number of ether oxygens (including phenoxy) is 2. The predicted molar refractivity (Wildman–Crippen MR) is 76.3 cm³/mol. The summed E-state index contributed by atoms with van der Waals surface area (Å²) in [7, 11) is 1.44. The van der Waals surface area contributed by atoms with Crippen LogP contribution in [0.2, 0.25) is 0 Å². The molecule has 2 aromatic carbocycles. The Morgan fingerprint density at radius 2 is 1.85 bits per heavy atom. The van der Waals surface area contributed by atoms with Crippen LogP contribution >= 0.6 is 0 Å². The first-order valence-corrected chi connectivity index (χ1v) is 6.41. The van der Waals surface area contributed by atoms with E-state index in [2.05, 4.69) is 0 Å². The van der Waals surface area contributed by atoms with Crippen LogP contribution in [0.1, 0.15) is 24.1 Å². The van der Waals surface area contributed by atoms with Crippen LogP contribution in [-0.2, 0) is 6.61 Å². The third-order valence-electron chi connectivity index (χ3n) is 3.06. The molecular weight excluding hydrogens is 257 g/mol. The lowest BCUT2D eigenvalue weighted by atomic mass is 10.1. The van der Waals surface area contributed by atoms with Crippen LogP contribution in [0.3, 0.4) is 0 Å². The Hall–Kier alpha value is -2.07. The fourth-order valence-corrected chi connectivity index (χ4v) is 1.85. The predicted octanol–water partition coefficient (Wildman–Crippen LogP) is 3.43. The van der Waals surface area contributed by atoms with Crippen molar-refractivity contribution >= 4 is 0 Å². The number of hydrogen-bond donors (Lipinski definition) is 1. The number of halogens is 1. The summed E-state index contributed by atoms with van der Waals surface area (Å²) >= 11 is 0. The fraction of sp³-hybridized carbons (Fsp3) is 0.250. The van der Waals surface area contributed by atoms with E-state index < -0.39 is 0 Å². The molecule has 0 aliphatic carbocycles. The van der Waals surface area contributed by atoms with E-state index in [-0.39, 0.29) is 24.2 Å². The van der Waals surface area contributed by atoms with Crippen LogP contribution < -0.4 is 15.2 Å². The molecule has 0 amide bonds. The maximum Gasteiger partial charge on any atom is 0.171 e. The van der Waals surface area contributed by atoms with Gasteiger partial charge >= 0.3 is 0 Å². The molecule has 0 heterocycles. The van der Waals surface area contributed by atoms with Gasteiger partial charge in [0.15, 0.2) is 11.6 Å². The highest BCUT2D eigenvalue weighted by Crippen LogP contribution is 2.22. The molecule has 0 aromatic heterocycles.